The van der Waals surface area contributed by atoms with Crippen molar-refractivity contribution in [1.29, 1.82) is 0 Å². The van der Waals surface area contributed by atoms with E-state index in [1.807, 2.05) is 6.92 Å². The van der Waals surface area contributed by atoms with E-state index < -0.39 is 17.5 Å². The number of rotatable bonds is 4. The Morgan fingerprint density at radius 1 is 1.53 bits per heavy atom. The van der Waals surface area contributed by atoms with Gasteiger partial charge in [0.2, 0.25) is 0 Å². The number of carbonyl (C=O) groups is 1. The molecular weight excluding hydrogens is 278 g/mol. The molecule has 19 heavy (non-hydrogen) atoms. The molecule has 0 atom stereocenters. The Balaban J connectivity index is 1.95. The van der Waals surface area contributed by atoms with Gasteiger partial charge in [-0.25, -0.2) is 8.78 Å². The molecule has 0 saturated carbocycles. The smallest absolute Gasteiger partial charge is 0.250 e. The van der Waals surface area contributed by atoms with E-state index >= 15 is 0 Å². The van der Waals surface area contributed by atoms with Crippen LogP contribution in [0.3, 0.4) is 0 Å². The van der Waals surface area contributed by atoms with Gasteiger partial charge in [0.05, 0.1) is 16.3 Å². The van der Waals surface area contributed by atoms with Gasteiger partial charge < -0.3 is 15.4 Å². The average molecular weight is 291 g/mol. The molecule has 7 heteroatoms. The van der Waals surface area contributed by atoms with E-state index in [1.54, 1.807) is 0 Å². The number of hydrogen-bond acceptors (Lipinski definition) is 3. The van der Waals surface area contributed by atoms with Crippen LogP contribution in [0.4, 0.5) is 14.5 Å². The lowest BCUT2D eigenvalue weighted by Crippen LogP contribution is -2.59. The normalized spacial score (nSPS) is 16.8. The molecule has 0 bridgehead atoms. The zero-order valence-corrected chi connectivity index (χ0v) is 11.0. The molecule has 1 amide bonds. The third kappa shape index (κ3) is 3.40. The Hall–Kier alpha value is -1.24. The lowest BCUT2D eigenvalue weighted by Gasteiger charge is -2.38. The van der Waals surface area contributed by atoms with Crippen LogP contribution in [0.5, 0.6) is 0 Å². The SMILES string of the molecule is CC1(OCC(=O)Nc2c(F)cc(F)cc2Cl)CNC1. The topological polar surface area (TPSA) is 50.4 Å². The number of benzene rings is 1. The molecule has 0 unspecified atom stereocenters. The molecule has 4 nitrogen and oxygen atoms in total. The molecule has 1 saturated heterocycles. The van der Waals surface area contributed by atoms with Crippen molar-refractivity contribution in [2.45, 2.75) is 12.5 Å². The van der Waals surface area contributed by atoms with E-state index in [4.69, 9.17) is 16.3 Å². The van der Waals surface area contributed by atoms with Gasteiger partial charge in [0, 0.05) is 19.2 Å². The molecule has 1 aromatic rings. The first kappa shape index (κ1) is 14.2. The van der Waals surface area contributed by atoms with E-state index in [0.29, 0.717) is 19.2 Å². The second-order valence-electron chi connectivity index (χ2n) is 4.63. The molecule has 1 fully saturated rings. The van der Waals surface area contributed by atoms with Gasteiger partial charge in [0.25, 0.3) is 5.91 Å². The maximum Gasteiger partial charge on any atom is 0.250 e. The molecule has 1 heterocycles. The summed E-state index contributed by atoms with van der Waals surface area (Å²) in [5.41, 5.74) is -0.615. The van der Waals surface area contributed by atoms with Crippen molar-refractivity contribution in [3.8, 4) is 0 Å². The van der Waals surface area contributed by atoms with Crippen LogP contribution < -0.4 is 10.6 Å². The van der Waals surface area contributed by atoms with Gasteiger partial charge in [-0.2, -0.15) is 0 Å². The fraction of sp³-hybridized carbons (Fsp3) is 0.417. The molecule has 1 aliphatic heterocycles. The van der Waals surface area contributed by atoms with Crippen LogP contribution in [0.15, 0.2) is 12.1 Å². The van der Waals surface area contributed by atoms with Crippen molar-refractivity contribution < 1.29 is 18.3 Å². The predicted octanol–water partition coefficient (Wildman–Crippen LogP) is 1.94. The summed E-state index contributed by atoms with van der Waals surface area (Å²) in [6.07, 6.45) is 0. The highest BCUT2D eigenvalue weighted by Crippen LogP contribution is 2.26. The Kier molecular flexibility index (Phi) is 4.03. The van der Waals surface area contributed by atoms with Crippen LogP contribution >= 0.6 is 11.6 Å². The molecule has 1 aliphatic rings. The van der Waals surface area contributed by atoms with Gasteiger partial charge in [-0.05, 0) is 13.0 Å². The summed E-state index contributed by atoms with van der Waals surface area (Å²) >= 11 is 5.66. The number of amides is 1. The number of halogens is 3. The van der Waals surface area contributed by atoms with Crippen molar-refractivity contribution in [2.75, 3.05) is 25.0 Å². The van der Waals surface area contributed by atoms with Gasteiger partial charge in [-0.15, -0.1) is 0 Å². The van der Waals surface area contributed by atoms with E-state index in [0.717, 1.165) is 6.07 Å². The van der Waals surface area contributed by atoms with Crippen LogP contribution in [0.25, 0.3) is 0 Å². The Morgan fingerprint density at radius 2 is 2.21 bits per heavy atom. The number of nitrogens with one attached hydrogen (secondary N) is 2. The summed E-state index contributed by atoms with van der Waals surface area (Å²) in [6, 6.07) is 1.58. The summed E-state index contributed by atoms with van der Waals surface area (Å²) < 4.78 is 31.7. The Morgan fingerprint density at radius 3 is 2.74 bits per heavy atom. The van der Waals surface area contributed by atoms with Gasteiger partial charge in [0.15, 0.2) is 5.82 Å². The fourth-order valence-electron chi connectivity index (χ4n) is 1.66. The number of carbonyl (C=O) groups excluding carboxylic acids is 1. The molecular formula is C12H13ClF2N2O2. The van der Waals surface area contributed by atoms with E-state index in [1.165, 1.54) is 0 Å². The monoisotopic (exact) mass is 290 g/mol. The van der Waals surface area contributed by atoms with Gasteiger partial charge in [0.1, 0.15) is 12.4 Å². The average Bonchev–Trinajstić information content (AvgIpc) is 2.28. The van der Waals surface area contributed by atoms with Crippen molar-refractivity contribution in [3.05, 3.63) is 28.8 Å². The van der Waals surface area contributed by atoms with Gasteiger partial charge >= 0.3 is 0 Å². The van der Waals surface area contributed by atoms with Crippen LogP contribution in [-0.2, 0) is 9.53 Å². The number of anilines is 1. The van der Waals surface area contributed by atoms with Crippen LogP contribution in [0.2, 0.25) is 5.02 Å². The van der Waals surface area contributed by atoms with E-state index in [2.05, 4.69) is 10.6 Å². The van der Waals surface area contributed by atoms with Gasteiger partial charge in [-0.3, -0.25) is 4.79 Å². The fourth-order valence-corrected chi connectivity index (χ4v) is 1.90. The standard InChI is InChI=1S/C12H13ClF2N2O2/c1-12(5-16-6-12)19-4-10(18)17-11-8(13)2-7(14)3-9(11)15/h2-3,16H,4-6H2,1H3,(H,17,18). The zero-order chi connectivity index (χ0) is 14.0. The molecule has 0 aliphatic carbocycles. The van der Waals surface area contributed by atoms with Crippen LogP contribution in [0, 0.1) is 11.6 Å². The van der Waals surface area contributed by atoms with E-state index in [9.17, 15) is 13.6 Å². The van der Waals surface area contributed by atoms with Crippen molar-refractivity contribution >= 4 is 23.2 Å². The molecule has 2 N–H and O–H groups in total. The lowest BCUT2D eigenvalue weighted by molar-refractivity contribution is -0.130. The quantitative estimate of drug-likeness (QED) is 0.891. The summed E-state index contributed by atoms with van der Waals surface area (Å²) in [5.74, 6) is -2.26. The first-order valence-corrected chi connectivity index (χ1v) is 6.06. The third-order valence-electron chi connectivity index (χ3n) is 2.82. The van der Waals surface area contributed by atoms with Crippen LogP contribution in [0.1, 0.15) is 6.92 Å². The first-order chi connectivity index (χ1) is 8.89. The molecule has 0 aromatic heterocycles. The second-order valence-corrected chi connectivity index (χ2v) is 5.04. The molecule has 0 radical (unpaired) electrons. The molecule has 0 spiro atoms. The summed E-state index contributed by atoms with van der Waals surface area (Å²) in [6.45, 7) is 2.96. The minimum absolute atomic E-state index is 0.192. The van der Waals surface area contributed by atoms with Crippen LogP contribution in [-0.4, -0.2) is 31.2 Å². The molecule has 1 aromatic carbocycles. The van der Waals surface area contributed by atoms with Crippen molar-refractivity contribution in [1.82, 2.24) is 5.32 Å². The summed E-state index contributed by atoms with van der Waals surface area (Å²) in [4.78, 5) is 11.6. The Labute approximate surface area is 114 Å². The highest BCUT2D eigenvalue weighted by molar-refractivity contribution is 6.33. The summed E-state index contributed by atoms with van der Waals surface area (Å²) in [5, 5.41) is 5.10. The van der Waals surface area contributed by atoms with Crippen molar-refractivity contribution in [3.63, 3.8) is 0 Å². The predicted molar refractivity (Wildman–Crippen MR) is 67.2 cm³/mol. The molecule has 104 valence electrons. The Bertz CT molecular complexity index is 483. The minimum atomic E-state index is -0.921. The maximum absolute atomic E-state index is 13.4. The molecule has 2 rings (SSSR count). The second kappa shape index (κ2) is 5.40. The zero-order valence-electron chi connectivity index (χ0n) is 10.2. The lowest BCUT2D eigenvalue weighted by atomic mass is 10.0. The van der Waals surface area contributed by atoms with Gasteiger partial charge in [-0.1, -0.05) is 11.6 Å². The number of ether oxygens (including phenoxy) is 1. The highest BCUT2D eigenvalue weighted by Gasteiger charge is 2.33. The first-order valence-electron chi connectivity index (χ1n) is 5.69. The maximum atomic E-state index is 13.4. The largest absolute Gasteiger partial charge is 0.363 e. The van der Waals surface area contributed by atoms with E-state index in [-0.39, 0.29) is 22.9 Å². The van der Waals surface area contributed by atoms with Crippen molar-refractivity contribution in [2.24, 2.45) is 0 Å². The number of hydrogen-bond donors (Lipinski definition) is 2. The summed E-state index contributed by atoms with van der Waals surface area (Å²) in [7, 11) is 0. The highest BCUT2D eigenvalue weighted by atomic mass is 35.5. The third-order valence-corrected chi connectivity index (χ3v) is 3.12. The minimum Gasteiger partial charge on any atom is -0.363 e.